The standard InChI is InChI=1S/C19H25FN2O3/c1-19(2,18(24)25-3)21-17(23)15-7-13-10-22(9-12-5-4-6-12)11-14(13)8-16(15)20/h7-8,12H,4-6,9-11H2,1-3H3,(H,21,23). The smallest absolute Gasteiger partial charge is 0.330 e. The maximum Gasteiger partial charge on any atom is 0.330 e. The number of carbonyl (C=O) groups is 2. The van der Waals surface area contributed by atoms with E-state index in [1.807, 2.05) is 0 Å². The molecule has 0 spiro atoms. The molecule has 0 unspecified atom stereocenters. The molecule has 0 atom stereocenters. The quantitative estimate of drug-likeness (QED) is 0.831. The number of amides is 1. The monoisotopic (exact) mass is 348 g/mol. The molecule has 1 heterocycles. The third-order valence-electron chi connectivity index (χ3n) is 5.18. The number of methoxy groups -OCH3 is 1. The van der Waals surface area contributed by atoms with Gasteiger partial charge >= 0.3 is 5.97 Å². The van der Waals surface area contributed by atoms with E-state index in [2.05, 4.69) is 15.0 Å². The Morgan fingerprint density at radius 2 is 1.92 bits per heavy atom. The van der Waals surface area contributed by atoms with Gasteiger partial charge in [-0.1, -0.05) is 6.42 Å². The van der Waals surface area contributed by atoms with E-state index in [1.165, 1.54) is 46.3 Å². The zero-order valence-electron chi connectivity index (χ0n) is 15.0. The Morgan fingerprint density at radius 3 is 2.48 bits per heavy atom. The number of nitrogens with zero attached hydrogens (tertiary/aromatic N) is 1. The van der Waals surface area contributed by atoms with Gasteiger partial charge in [0.15, 0.2) is 0 Å². The van der Waals surface area contributed by atoms with Crippen molar-refractivity contribution in [2.45, 2.75) is 51.7 Å². The average Bonchev–Trinajstić information content (AvgIpc) is 2.90. The Kier molecular flexibility index (Phi) is 4.82. The van der Waals surface area contributed by atoms with E-state index in [9.17, 15) is 14.0 Å². The fourth-order valence-electron chi connectivity index (χ4n) is 3.49. The molecule has 1 aromatic carbocycles. The second kappa shape index (κ2) is 6.75. The number of carbonyl (C=O) groups excluding carboxylic acids is 2. The van der Waals surface area contributed by atoms with Crippen molar-refractivity contribution in [3.05, 3.63) is 34.6 Å². The Bertz CT molecular complexity index is 698. The van der Waals surface area contributed by atoms with Crippen LogP contribution >= 0.6 is 0 Å². The van der Waals surface area contributed by atoms with Gasteiger partial charge < -0.3 is 10.1 Å². The van der Waals surface area contributed by atoms with E-state index in [0.29, 0.717) is 0 Å². The van der Waals surface area contributed by atoms with Crippen LogP contribution in [0.2, 0.25) is 0 Å². The molecule has 25 heavy (non-hydrogen) atoms. The number of fused-ring (bicyclic) bond motifs is 1. The predicted molar refractivity (Wildman–Crippen MR) is 91.4 cm³/mol. The summed E-state index contributed by atoms with van der Waals surface area (Å²) in [5, 5.41) is 2.55. The van der Waals surface area contributed by atoms with Crippen LogP contribution in [0.4, 0.5) is 4.39 Å². The first-order valence-electron chi connectivity index (χ1n) is 8.74. The van der Waals surface area contributed by atoms with Crippen molar-refractivity contribution in [1.82, 2.24) is 10.2 Å². The second-order valence-corrected chi connectivity index (χ2v) is 7.64. The Labute approximate surface area is 147 Å². The second-order valence-electron chi connectivity index (χ2n) is 7.64. The first-order valence-corrected chi connectivity index (χ1v) is 8.74. The first kappa shape index (κ1) is 17.9. The molecule has 0 bridgehead atoms. The summed E-state index contributed by atoms with van der Waals surface area (Å²) >= 11 is 0. The number of esters is 1. The molecule has 1 N–H and O–H groups in total. The molecular formula is C19H25FN2O3. The van der Waals surface area contributed by atoms with Crippen LogP contribution in [0.1, 0.15) is 54.6 Å². The zero-order chi connectivity index (χ0) is 18.2. The van der Waals surface area contributed by atoms with Crippen molar-refractivity contribution in [2.24, 2.45) is 5.92 Å². The normalized spacial score (nSPS) is 17.8. The van der Waals surface area contributed by atoms with Crippen molar-refractivity contribution >= 4 is 11.9 Å². The van der Waals surface area contributed by atoms with Crippen molar-refractivity contribution in [3.63, 3.8) is 0 Å². The Morgan fingerprint density at radius 1 is 1.28 bits per heavy atom. The van der Waals surface area contributed by atoms with Gasteiger partial charge in [-0.3, -0.25) is 9.69 Å². The van der Waals surface area contributed by atoms with Gasteiger partial charge in [-0.15, -0.1) is 0 Å². The highest BCUT2D eigenvalue weighted by Gasteiger charge is 2.32. The number of rotatable bonds is 5. The highest BCUT2D eigenvalue weighted by Crippen LogP contribution is 2.32. The molecule has 5 nitrogen and oxygen atoms in total. The van der Waals surface area contributed by atoms with E-state index in [0.717, 1.165) is 36.7 Å². The number of hydrogen-bond donors (Lipinski definition) is 1. The molecule has 2 aliphatic rings. The number of nitrogens with one attached hydrogen (secondary N) is 1. The van der Waals surface area contributed by atoms with Crippen molar-refractivity contribution < 1.29 is 18.7 Å². The SMILES string of the molecule is COC(=O)C(C)(C)NC(=O)c1cc2c(cc1F)CN(CC1CCC1)C2. The van der Waals surface area contributed by atoms with Gasteiger partial charge in [-0.2, -0.15) is 0 Å². The van der Waals surface area contributed by atoms with Crippen LogP contribution in [0.15, 0.2) is 12.1 Å². The lowest BCUT2D eigenvalue weighted by atomic mass is 9.85. The number of ether oxygens (including phenoxy) is 1. The van der Waals surface area contributed by atoms with Crippen LogP contribution in [0.5, 0.6) is 0 Å². The van der Waals surface area contributed by atoms with Crippen molar-refractivity contribution in [1.29, 1.82) is 0 Å². The minimum atomic E-state index is -1.21. The first-order chi connectivity index (χ1) is 11.8. The maximum atomic E-state index is 14.4. The summed E-state index contributed by atoms with van der Waals surface area (Å²) in [4.78, 5) is 26.5. The average molecular weight is 348 g/mol. The van der Waals surface area contributed by atoms with Gasteiger partial charge in [0.05, 0.1) is 12.7 Å². The van der Waals surface area contributed by atoms with Gasteiger partial charge in [0, 0.05) is 19.6 Å². The van der Waals surface area contributed by atoms with Crippen LogP contribution in [0.3, 0.4) is 0 Å². The third kappa shape index (κ3) is 3.68. The molecule has 136 valence electrons. The molecule has 1 saturated carbocycles. The summed E-state index contributed by atoms with van der Waals surface area (Å²) in [6.45, 7) is 5.57. The molecule has 1 aliphatic carbocycles. The van der Waals surface area contributed by atoms with E-state index in [1.54, 1.807) is 6.07 Å². The number of halogens is 1. The topological polar surface area (TPSA) is 58.6 Å². The molecule has 1 aliphatic heterocycles. The lowest BCUT2D eigenvalue weighted by Gasteiger charge is -2.29. The summed E-state index contributed by atoms with van der Waals surface area (Å²) in [5.41, 5.74) is 0.691. The molecule has 6 heteroatoms. The van der Waals surface area contributed by atoms with E-state index in [-0.39, 0.29) is 5.56 Å². The van der Waals surface area contributed by atoms with Gasteiger partial charge in [-0.05, 0) is 55.9 Å². The lowest BCUT2D eigenvalue weighted by Crippen LogP contribution is -2.50. The minimum Gasteiger partial charge on any atom is -0.467 e. The van der Waals surface area contributed by atoms with Crippen LogP contribution in [0, 0.1) is 11.7 Å². The Hall–Kier alpha value is -1.95. The fourth-order valence-corrected chi connectivity index (χ4v) is 3.49. The predicted octanol–water partition coefficient (Wildman–Crippen LogP) is 2.62. The summed E-state index contributed by atoms with van der Waals surface area (Å²) < 4.78 is 19.1. The van der Waals surface area contributed by atoms with Crippen molar-refractivity contribution in [3.8, 4) is 0 Å². The fraction of sp³-hybridized carbons (Fsp3) is 0.579. The molecule has 3 rings (SSSR count). The zero-order valence-corrected chi connectivity index (χ0v) is 15.0. The van der Waals surface area contributed by atoms with E-state index < -0.39 is 23.2 Å². The summed E-state index contributed by atoms with van der Waals surface area (Å²) in [5.74, 6) is -0.979. The highest BCUT2D eigenvalue weighted by molar-refractivity contribution is 5.98. The molecule has 0 aromatic heterocycles. The van der Waals surface area contributed by atoms with Gasteiger partial charge in [0.2, 0.25) is 0 Å². The molecule has 0 saturated heterocycles. The van der Waals surface area contributed by atoms with Gasteiger partial charge in [-0.25, -0.2) is 9.18 Å². The van der Waals surface area contributed by atoms with Crippen LogP contribution in [-0.4, -0.2) is 36.0 Å². The molecule has 1 aromatic rings. The molecule has 0 radical (unpaired) electrons. The largest absolute Gasteiger partial charge is 0.467 e. The molecular weight excluding hydrogens is 323 g/mol. The summed E-state index contributed by atoms with van der Waals surface area (Å²) in [6, 6.07) is 3.07. The maximum absolute atomic E-state index is 14.4. The summed E-state index contributed by atoms with van der Waals surface area (Å²) in [6.07, 6.45) is 3.86. The van der Waals surface area contributed by atoms with Crippen LogP contribution in [0.25, 0.3) is 0 Å². The molecule has 1 fully saturated rings. The third-order valence-corrected chi connectivity index (χ3v) is 5.18. The van der Waals surface area contributed by atoms with Crippen molar-refractivity contribution in [2.75, 3.05) is 13.7 Å². The van der Waals surface area contributed by atoms with E-state index >= 15 is 0 Å². The van der Waals surface area contributed by atoms with Gasteiger partial charge in [0.1, 0.15) is 11.4 Å². The molecule has 1 amide bonds. The highest BCUT2D eigenvalue weighted by atomic mass is 19.1. The van der Waals surface area contributed by atoms with E-state index in [4.69, 9.17) is 0 Å². The number of benzene rings is 1. The van der Waals surface area contributed by atoms with Crippen LogP contribution in [-0.2, 0) is 22.6 Å². The van der Waals surface area contributed by atoms with Gasteiger partial charge in [0.25, 0.3) is 5.91 Å². The lowest BCUT2D eigenvalue weighted by molar-refractivity contribution is -0.146. The number of hydrogen-bond acceptors (Lipinski definition) is 4. The Balaban J connectivity index is 1.72. The summed E-state index contributed by atoms with van der Waals surface area (Å²) in [7, 11) is 1.25. The van der Waals surface area contributed by atoms with Crippen LogP contribution < -0.4 is 5.32 Å². The minimum absolute atomic E-state index is 0.0266.